The van der Waals surface area contributed by atoms with E-state index in [-0.39, 0.29) is 25.7 Å². The number of rotatable bonds is 74. The SMILES string of the molecule is CCCCC/C=C\C/C=C\CCCCCCCC(=O)OCC(COP(=O)(O)OCC(O)COP(=O)(O)OCC(COC(=O)CCCCCCCCCCCCCCCCC)OC(=O)CCCCCCC/C=C\CCCCCC)OC(=O)CCCCCCC/C=C\CCCCCC. The van der Waals surface area contributed by atoms with Gasteiger partial charge in [0.1, 0.15) is 19.3 Å². The summed E-state index contributed by atoms with van der Waals surface area (Å²) in [5.41, 5.74) is 0. The van der Waals surface area contributed by atoms with Crippen molar-refractivity contribution in [1.29, 1.82) is 0 Å². The number of carbonyl (C=O) groups is 4. The minimum atomic E-state index is -4.97. The van der Waals surface area contributed by atoms with Gasteiger partial charge in [0.25, 0.3) is 0 Å². The van der Waals surface area contributed by atoms with Gasteiger partial charge in [0.2, 0.25) is 0 Å². The molecule has 19 heteroatoms. The van der Waals surface area contributed by atoms with Gasteiger partial charge >= 0.3 is 39.5 Å². The largest absolute Gasteiger partial charge is 0.472 e. The van der Waals surface area contributed by atoms with Gasteiger partial charge in [-0.3, -0.25) is 37.3 Å². The maximum atomic E-state index is 13.1. The number of unbranched alkanes of at least 4 members (excludes halogenated alkanes) is 40. The maximum Gasteiger partial charge on any atom is 0.472 e. The summed E-state index contributed by atoms with van der Waals surface area (Å²) in [4.78, 5) is 72.8. The van der Waals surface area contributed by atoms with E-state index in [9.17, 15) is 43.2 Å². The summed E-state index contributed by atoms with van der Waals surface area (Å²) in [5.74, 6) is -2.17. The van der Waals surface area contributed by atoms with Gasteiger partial charge in [-0.05, 0) is 109 Å². The fraction of sp³-hybridized carbons (Fsp3) is 0.844. The van der Waals surface area contributed by atoms with Gasteiger partial charge in [-0.25, -0.2) is 9.13 Å². The van der Waals surface area contributed by atoms with Crippen molar-refractivity contribution in [3.63, 3.8) is 0 Å². The highest BCUT2D eigenvalue weighted by Crippen LogP contribution is 2.45. The summed E-state index contributed by atoms with van der Waals surface area (Å²) in [6.45, 7) is 4.85. The molecule has 0 heterocycles. The van der Waals surface area contributed by atoms with Gasteiger partial charge in [-0.2, -0.15) is 0 Å². The number of phosphoric ester groups is 2. The topological polar surface area (TPSA) is 237 Å². The van der Waals surface area contributed by atoms with E-state index in [4.69, 9.17) is 37.0 Å². The number of carbonyl (C=O) groups excluding carboxylic acids is 4. The predicted molar refractivity (Wildman–Crippen MR) is 390 cm³/mol. The van der Waals surface area contributed by atoms with Gasteiger partial charge in [0, 0.05) is 25.7 Å². The van der Waals surface area contributed by atoms with Gasteiger partial charge in [-0.15, -0.1) is 0 Å². The third-order valence-electron chi connectivity index (χ3n) is 16.8. The van der Waals surface area contributed by atoms with Crippen molar-refractivity contribution in [3.8, 4) is 0 Å². The molecule has 3 N–H and O–H groups in total. The Morgan fingerprint density at radius 3 is 0.812 bits per heavy atom. The molecule has 0 aromatic carbocycles. The fourth-order valence-electron chi connectivity index (χ4n) is 10.8. The van der Waals surface area contributed by atoms with Crippen LogP contribution in [0.3, 0.4) is 0 Å². The lowest BCUT2D eigenvalue weighted by Crippen LogP contribution is -2.30. The quantitative estimate of drug-likeness (QED) is 0.0169. The molecule has 0 bridgehead atoms. The molecule has 0 saturated heterocycles. The van der Waals surface area contributed by atoms with E-state index in [1.54, 1.807) is 0 Å². The van der Waals surface area contributed by atoms with E-state index < -0.39 is 97.5 Å². The number of phosphoric acid groups is 2. The first kappa shape index (κ1) is 93.0. The van der Waals surface area contributed by atoms with E-state index in [1.165, 1.54) is 141 Å². The molecule has 5 unspecified atom stereocenters. The van der Waals surface area contributed by atoms with Crippen LogP contribution in [0.5, 0.6) is 0 Å². The predicted octanol–water partition coefficient (Wildman–Crippen LogP) is 22.1. The molecule has 0 amide bonds. The van der Waals surface area contributed by atoms with Crippen LogP contribution in [-0.4, -0.2) is 96.7 Å². The number of hydrogen-bond donors (Lipinski definition) is 3. The molecule has 0 aromatic rings. The first-order chi connectivity index (χ1) is 46.7. The highest BCUT2D eigenvalue weighted by Gasteiger charge is 2.30. The van der Waals surface area contributed by atoms with Crippen LogP contribution in [0.15, 0.2) is 48.6 Å². The van der Waals surface area contributed by atoms with Crippen LogP contribution < -0.4 is 0 Å². The summed E-state index contributed by atoms with van der Waals surface area (Å²) in [6.07, 6.45) is 66.6. The number of hydrogen-bond acceptors (Lipinski definition) is 15. The summed E-state index contributed by atoms with van der Waals surface area (Å²) in [7, 11) is -9.94. The van der Waals surface area contributed by atoms with E-state index >= 15 is 0 Å². The van der Waals surface area contributed by atoms with Crippen LogP contribution >= 0.6 is 15.6 Å². The van der Waals surface area contributed by atoms with Crippen molar-refractivity contribution in [2.24, 2.45) is 0 Å². The number of allylic oxidation sites excluding steroid dienone is 8. The number of aliphatic hydroxyl groups excluding tert-OH is 1. The average Bonchev–Trinajstić information content (AvgIpc) is 1.14. The van der Waals surface area contributed by atoms with Crippen molar-refractivity contribution >= 4 is 39.5 Å². The van der Waals surface area contributed by atoms with Crippen LogP contribution in [0.2, 0.25) is 0 Å². The zero-order valence-electron chi connectivity index (χ0n) is 61.3. The molecular formula is C77H142O17P2. The Morgan fingerprint density at radius 2 is 0.510 bits per heavy atom. The Kier molecular flexibility index (Phi) is 68.3. The Hall–Kier alpha value is -2.98. The van der Waals surface area contributed by atoms with Gasteiger partial charge in [0.15, 0.2) is 12.2 Å². The number of esters is 4. The Bertz CT molecular complexity index is 2010. The van der Waals surface area contributed by atoms with E-state index in [2.05, 4.69) is 76.3 Å². The molecule has 0 fully saturated rings. The molecule has 0 aromatic heterocycles. The number of ether oxygens (including phenoxy) is 4. The van der Waals surface area contributed by atoms with Gasteiger partial charge in [0.05, 0.1) is 26.4 Å². The third kappa shape index (κ3) is 69.5. The Balaban J connectivity index is 5.31. The van der Waals surface area contributed by atoms with Gasteiger partial charge in [-0.1, -0.05) is 275 Å². The van der Waals surface area contributed by atoms with E-state index in [0.29, 0.717) is 25.7 Å². The smallest absolute Gasteiger partial charge is 0.462 e. The first-order valence-corrected chi connectivity index (χ1v) is 41.9. The molecule has 0 saturated carbocycles. The van der Waals surface area contributed by atoms with Crippen LogP contribution in [0.25, 0.3) is 0 Å². The summed E-state index contributed by atoms with van der Waals surface area (Å²) >= 11 is 0. The zero-order valence-corrected chi connectivity index (χ0v) is 63.1. The molecule has 0 radical (unpaired) electrons. The molecule has 0 aliphatic carbocycles. The summed E-state index contributed by atoms with van der Waals surface area (Å²) < 4.78 is 68.5. The summed E-state index contributed by atoms with van der Waals surface area (Å²) in [5, 5.41) is 10.6. The minimum absolute atomic E-state index is 0.0863. The lowest BCUT2D eigenvalue weighted by atomic mass is 10.0. The molecule has 0 aliphatic heterocycles. The molecule has 0 spiro atoms. The second-order valence-corrected chi connectivity index (χ2v) is 29.2. The lowest BCUT2D eigenvalue weighted by Gasteiger charge is -2.21. The highest BCUT2D eigenvalue weighted by atomic mass is 31.2. The minimum Gasteiger partial charge on any atom is -0.462 e. The fourth-order valence-corrected chi connectivity index (χ4v) is 12.3. The average molecular weight is 1400 g/mol. The van der Waals surface area contributed by atoms with Crippen molar-refractivity contribution < 1.29 is 80.2 Å². The van der Waals surface area contributed by atoms with Crippen molar-refractivity contribution in [3.05, 3.63) is 48.6 Å². The molecule has 562 valence electrons. The second kappa shape index (κ2) is 70.5. The van der Waals surface area contributed by atoms with Crippen LogP contribution in [0.4, 0.5) is 0 Å². The first-order valence-electron chi connectivity index (χ1n) is 38.9. The molecule has 96 heavy (non-hydrogen) atoms. The van der Waals surface area contributed by atoms with Crippen LogP contribution in [-0.2, 0) is 65.4 Å². The lowest BCUT2D eigenvalue weighted by molar-refractivity contribution is -0.161. The monoisotopic (exact) mass is 1400 g/mol. The zero-order chi connectivity index (χ0) is 70.4. The van der Waals surface area contributed by atoms with Crippen LogP contribution in [0.1, 0.15) is 362 Å². The maximum absolute atomic E-state index is 13.1. The third-order valence-corrected chi connectivity index (χ3v) is 18.7. The van der Waals surface area contributed by atoms with Crippen molar-refractivity contribution in [2.45, 2.75) is 380 Å². The molecule has 5 atom stereocenters. The van der Waals surface area contributed by atoms with E-state index in [1.807, 2.05) is 0 Å². The normalized spacial score (nSPS) is 14.2. The molecule has 0 aliphatic rings. The number of aliphatic hydroxyl groups is 1. The van der Waals surface area contributed by atoms with Crippen molar-refractivity contribution in [1.82, 2.24) is 0 Å². The second-order valence-electron chi connectivity index (χ2n) is 26.3. The van der Waals surface area contributed by atoms with Crippen molar-refractivity contribution in [2.75, 3.05) is 39.6 Å². The molecular weight excluding hydrogens is 1260 g/mol. The van der Waals surface area contributed by atoms with Gasteiger partial charge < -0.3 is 33.8 Å². The van der Waals surface area contributed by atoms with E-state index in [0.717, 1.165) is 141 Å². The molecule has 0 rings (SSSR count). The Labute approximate surface area is 585 Å². The summed E-state index contributed by atoms with van der Waals surface area (Å²) in [6, 6.07) is 0. The Morgan fingerprint density at radius 1 is 0.292 bits per heavy atom. The van der Waals surface area contributed by atoms with Crippen LogP contribution in [0, 0.1) is 0 Å². The molecule has 17 nitrogen and oxygen atoms in total. The standard InChI is InChI=1S/C77H142O17P2/c1-5-9-13-17-21-25-29-33-35-39-41-45-49-53-57-61-74(79)87-67-72(93-76(81)63-59-55-51-47-43-37-31-27-23-19-15-11-7-3)69-91-95(83,84)89-65-71(78)66-90-96(85,86)92-70-73(94-77(82)64-60-56-52-48-44-38-32-28-24-20-16-12-8-4)68-88-75(80)62-58-54-50-46-42-40-36-34-30-26-22-18-14-10-6-2/h21,25,27-28,31-33,35,71-73,78H,5-20,22-24,26,29-30,34,36-70H2,1-4H3,(H,83,84)(H,85,86)/b25-21-,31-27-,32-28-,35-33-. The highest BCUT2D eigenvalue weighted by molar-refractivity contribution is 7.47.